The van der Waals surface area contributed by atoms with E-state index >= 15 is 0 Å². The Hall–Kier alpha value is -2.53. The summed E-state index contributed by atoms with van der Waals surface area (Å²) < 4.78 is 0. The normalized spacial score (nSPS) is 16.7. The Bertz CT molecular complexity index is 850. The molecule has 0 radical (unpaired) electrons. The molecule has 134 valence electrons. The van der Waals surface area contributed by atoms with Gasteiger partial charge in [0.1, 0.15) is 0 Å². The number of hydrogen-bond acceptors (Lipinski definition) is 4. The number of halogens is 1. The predicted octanol–water partition coefficient (Wildman–Crippen LogP) is 4.51. The molecule has 26 heavy (non-hydrogen) atoms. The summed E-state index contributed by atoms with van der Waals surface area (Å²) in [5.41, 5.74) is 0.672. The average Bonchev–Trinajstić information content (AvgIpc) is 2.64. The minimum absolute atomic E-state index is 0.145. The molecule has 0 saturated heterocycles. The van der Waals surface area contributed by atoms with Crippen molar-refractivity contribution in [1.29, 1.82) is 0 Å². The number of pyridine rings is 1. The molecule has 0 atom stereocenters. The van der Waals surface area contributed by atoms with E-state index in [0.29, 0.717) is 23.6 Å². The lowest BCUT2D eigenvalue weighted by Gasteiger charge is -2.24. The van der Waals surface area contributed by atoms with Crippen LogP contribution in [0.15, 0.2) is 42.6 Å². The molecule has 0 saturated carbocycles. The van der Waals surface area contributed by atoms with Gasteiger partial charge >= 0.3 is 0 Å². The first-order valence-electron chi connectivity index (χ1n) is 8.69. The minimum atomic E-state index is -0.603. The first kappa shape index (κ1) is 18.3. The van der Waals surface area contributed by atoms with Gasteiger partial charge in [0.15, 0.2) is 5.82 Å². The lowest BCUT2D eigenvalue weighted by atomic mass is 10.0. The van der Waals surface area contributed by atoms with E-state index < -0.39 is 11.6 Å². The van der Waals surface area contributed by atoms with E-state index in [9.17, 15) is 14.4 Å². The number of hydrogen-bond donors (Lipinski definition) is 0. The molecule has 0 bridgehead atoms. The molecule has 6 heteroatoms. The van der Waals surface area contributed by atoms with Crippen LogP contribution in [0.3, 0.4) is 0 Å². The summed E-state index contributed by atoms with van der Waals surface area (Å²) in [4.78, 5) is 43.5. The summed E-state index contributed by atoms with van der Waals surface area (Å²) in [6, 6.07) is 9.96. The number of rotatable bonds is 1. The molecular weight excluding hydrogens is 352 g/mol. The fourth-order valence-electron chi connectivity index (χ4n) is 3.04. The van der Waals surface area contributed by atoms with E-state index in [1.54, 1.807) is 36.4 Å². The van der Waals surface area contributed by atoms with Crippen molar-refractivity contribution in [3.05, 3.63) is 53.2 Å². The van der Waals surface area contributed by atoms with Crippen LogP contribution in [-0.2, 0) is 9.59 Å². The third-order valence-electron chi connectivity index (χ3n) is 4.36. The zero-order valence-corrected chi connectivity index (χ0v) is 15.0. The van der Waals surface area contributed by atoms with Gasteiger partial charge in [0, 0.05) is 24.1 Å². The number of amides is 1. The smallest absolute Gasteiger partial charge is 0.232 e. The van der Waals surface area contributed by atoms with Crippen LogP contribution in [-0.4, -0.2) is 22.5 Å². The highest BCUT2D eigenvalue weighted by Gasteiger charge is 2.27. The third kappa shape index (κ3) is 3.99. The van der Waals surface area contributed by atoms with Crippen LogP contribution in [0.2, 0.25) is 5.02 Å². The first-order valence-corrected chi connectivity index (χ1v) is 9.07. The summed E-state index contributed by atoms with van der Waals surface area (Å²) >= 11 is 6.09. The lowest BCUT2D eigenvalue weighted by molar-refractivity contribution is -0.118. The van der Waals surface area contributed by atoms with Gasteiger partial charge in [0.2, 0.25) is 17.5 Å². The molecule has 1 aromatic carbocycles. The van der Waals surface area contributed by atoms with Crippen molar-refractivity contribution in [3.8, 4) is 0 Å². The van der Waals surface area contributed by atoms with Crippen molar-refractivity contribution in [2.75, 3.05) is 4.90 Å². The van der Waals surface area contributed by atoms with E-state index in [1.807, 2.05) is 0 Å². The SMILES string of the molecule is O=C1CCCCCCC(=O)N(c2cccc(Cl)c2)c2ncccc2C1=O. The maximum atomic E-state index is 12.9. The lowest BCUT2D eigenvalue weighted by Crippen LogP contribution is -2.29. The maximum Gasteiger partial charge on any atom is 0.232 e. The summed E-state index contributed by atoms with van der Waals surface area (Å²) in [6.07, 6.45) is 5.11. The fourth-order valence-corrected chi connectivity index (χ4v) is 3.23. The number of carbonyl (C=O) groups is 3. The zero-order chi connectivity index (χ0) is 18.5. The highest BCUT2D eigenvalue weighted by atomic mass is 35.5. The quantitative estimate of drug-likeness (QED) is 0.693. The Morgan fingerprint density at radius 3 is 2.46 bits per heavy atom. The molecular formula is C20H19ClN2O3. The molecule has 1 aromatic heterocycles. The summed E-state index contributed by atoms with van der Waals surface area (Å²) in [6.45, 7) is 0. The van der Waals surface area contributed by atoms with Crippen molar-refractivity contribution in [3.63, 3.8) is 0 Å². The topological polar surface area (TPSA) is 67.3 Å². The molecule has 0 aliphatic carbocycles. The number of fused-ring (bicyclic) bond motifs is 1. The van der Waals surface area contributed by atoms with Crippen LogP contribution in [0.1, 0.15) is 48.9 Å². The van der Waals surface area contributed by atoms with Crippen LogP contribution < -0.4 is 4.90 Å². The van der Waals surface area contributed by atoms with Crippen molar-refractivity contribution in [2.45, 2.75) is 38.5 Å². The Morgan fingerprint density at radius 2 is 1.69 bits per heavy atom. The molecule has 1 aliphatic rings. The number of nitrogens with zero attached hydrogens (tertiary/aromatic N) is 2. The van der Waals surface area contributed by atoms with Gasteiger partial charge in [-0.3, -0.25) is 19.3 Å². The summed E-state index contributed by atoms with van der Waals surface area (Å²) in [5, 5.41) is 0.473. The van der Waals surface area contributed by atoms with Crippen LogP contribution >= 0.6 is 11.6 Å². The monoisotopic (exact) mass is 370 g/mol. The number of Topliss-reactive ketones (excluding diaryl/α,β-unsaturated/α-hetero) is 2. The first-order chi connectivity index (χ1) is 12.6. The van der Waals surface area contributed by atoms with Gasteiger partial charge in [-0.05, 0) is 43.2 Å². The van der Waals surface area contributed by atoms with Crippen molar-refractivity contribution < 1.29 is 14.4 Å². The number of ketones is 2. The van der Waals surface area contributed by atoms with Gasteiger partial charge in [-0.15, -0.1) is 0 Å². The summed E-state index contributed by atoms with van der Waals surface area (Å²) in [5.74, 6) is -1.04. The molecule has 1 amide bonds. The standard InChI is InChI=1S/C20H19ClN2O3/c21-14-7-5-8-15(13-14)23-18(25)11-4-2-1-3-10-17(24)19(26)16-9-6-12-22-20(16)23/h5-9,12-13H,1-4,10-11H2. The zero-order valence-electron chi connectivity index (χ0n) is 14.3. The highest BCUT2D eigenvalue weighted by molar-refractivity contribution is 6.45. The van der Waals surface area contributed by atoms with Crippen LogP contribution in [0.4, 0.5) is 11.5 Å². The third-order valence-corrected chi connectivity index (χ3v) is 4.59. The second kappa shape index (κ2) is 8.23. The molecule has 0 spiro atoms. The van der Waals surface area contributed by atoms with Gasteiger partial charge < -0.3 is 0 Å². The molecule has 0 N–H and O–H groups in total. The van der Waals surface area contributed by atoms with Gasteiger partial charge in [-0.2, -0.15) is 0 Å². The molecule has 3 rings (SSSR count). The van der Waals surface area contributed by atoms with Crippen LogP contribution in [0.25, 0.3) is 0 Å². The van der Waals surface area contributed by atoms with Crippen molar-refractivity contribution in [1.82, 2.24) is 4.98 Å². The van der Waals surface area contributed by atoms with Gasteiger partial charge in [-0.1, -0.05) is 30.5 Å². The molecule has 0 unspecified atom stereocenters. The fraction of sp³-hybridized carbons (Fsp3) is 0.300. The Morgan fingerprint density at radius 1 is 0.923 bits per heavy atom. The highest BCUT2D eigenvalue weighted by Crippen LogP contribution is 2.31. The van der Waals surface area contributed by atoms with E-state index in [2.05, 4.69) is 4.98 Å². The second-order valence-electron chi connectivity index (χ2n) is 6.25. The average molecular weight is 371 g/mol. The molecule has 1 aliphatic heterocycles. The number of anilines is 2. The Labute approximate surface area is 157 Å². The number of carbonyl (C=O) groups excluding carboxylic acids is 3. The van der Waals surface area contributed by atoms with Crippen LogP contribution in [0.5, 0.6) is 0 Å². The molecule has 2 aromatic rings. The molecule has 2 heterocycles. The molecule has 0 fully saturated rings. The van der Waals surface area contributed by atoms with Crippen molar-refractivity contribution >= 4 is 40.6 Å². The van der Waals surface area contributed by atoms with Crippen LogP contribution in [0, 0.1) is 0 Å². The summed E-state index contributed by atoms with van der Waals surface area (Å²) in [7, 11) is 0. The molecule has 5 nitrogen and oxygen atoms in total. The Kier molecular flexibility index (Phi) is 5.78. The van der Waals surface area contributed by atoms with E-state index in [-0.39, 0.29) is 23.7 Å². The number of benzene rings is 1. The van der Waals surface area contributed by atoms with Crippen molar-refractivity contribution in [2.24, 2.45) is 0 Å². The minimum Gasteiger partial charge on any atom is -0.290 e. The second-order valence-corrected chi connectivity index (χ2v) is 6.69. The van der Waals surface area contributed by atoms with Gasteiger partial charge in [0.25, 0.3) is 0 Å². The largest absolute Gasteiger partial charge is 0.290 e. The van der Waals surface area contributed by atoms with E-state index in [4.69, 9.17) is 11.6 Å². The maximum absolute atomic E-state index is 12.9. The van der Waals surface area contributed by atoms with Gasteiger partial charge in [-0.25, -0.2) is 4.98 Å². The van der Waals surface area contributed by atoms with E-state index in [0.717, 1.165) is 19.3 Å². The van der Waals surface area contributed by atoms with Gasteiger partial charge in [0.05, 0.1) is 11.3 Å². The Balaban J connectivity index is 2.14. The predicted molar refractivity (Wildman–Crippen MR) is 99.9 cm³/mol. The number of aromatic nitrogens is 1. The van der Waals surface area contributed by atoms with E-state index in [1.165, 1.54) is 11.1 Å².